The largest absolute Gasteiger partial charge is 0.344 e. The van der Waals surface area contributed by atoms with Crippen LogP contribution in [-0.2, 0) is 7.05 Å². The molecule has 0 spiro atoms. The SMILES string of the molecule is Cc1c([C@H](C)NC(=O)c2ccccn2)cnn1C. The molecule has 1 atom stereocenters. The van der Waals surface area contributed by atoms with Crippen molar-refractivity contribution >= 4 is 5.91 Å². The second-order valence-corrected chi connectivity index (χ2v) is 4.22. The van der Waals surface area contributed by atoms with Crippen LogP contribution in [0, 0.1) is 6.92 Å². The Morgan fingerprint density at radius 2 is 2.22 bits per heavy atom. The smallest absolute Gasteiger partial charge is 0.270 e. The third kappa shape index (κ3) is 2.40. The number of aromatic nitrogens is 3. The van der Waals surface area contributed by atoms with Crippen molar-refractivity contribution in [2.75, 3.05) is 0 Å². The molecule has 0 aliphatic heterocycles. The minimum absolute atomic E-state index is 0.0896. The standard InChI is InChI=1S/C13H16N4O/c1-9(11-8-15-17(3)10(11)2)16-13(18)12-6-4-5-7-14-12/h4-9H,1-3H3,(H,16,18)/t9-/m0/s1. The minimum atomic E-state index is -0.175. The zero-order valence-corrected chi connectivity index (χ0v) is 10.7. The van der Waals surface area contributed by atoms with Gasteiger partial charge in [0.25, 0.3) is 5.91 Å². The number of hydrogen-bond donors (Lipinski definition) is 1. The summed E-state index contributed by atoms with van der Waals surface area (Å²) in [5, 5.41) is 7.08. The van der Waals surface area contributed by atoms with Crippen molar-refractivity contribution in [3.63, 3.8) is 0 Å². The van der Waals surface area contributed by atoms with Gasteiger partial charge in [-0.05, 0) is 26.0 Å². The highest BCUT2D eigenvalue weighted by molar-refractivity contribution is 5.92. The van der Waals surface area contributed by atoms with Gasteiger partial charge in [-0.3, -0.25) is 14.5 Å². The summed E-state index contributed by atoms with van der Waals surface area (Å²) in [7, 11) is 1.88. The molecule has 94 valence electrons. The molecule has 0 aliphatic carbocycles. The predicted molar refractivity (Wildman–Crippen MR) is 68.1 cm³/mol. The summed E-state index contributed by atoms with van der Waals surface area (Å²) in [6.45, 7) is 3.91. The van der Waals surface area contributed by atoms with Crippen molar-refractivity contribution < 1.29 is 4.79 Å². The lowest BCUT2D eigenvalue weighted by atomic mass is 10.1. The Balaban J connectivity index is 2.11. The minimum Gasteiger partial charge on any atom is -0.344 e. The molecule has 2 aromatic rings. The summed E-state index contributed by atoms with van der Waals surface area (Å²) in [6, 6.07) is 5.18. The number of aryl methyl sites for hydroxylation is 1. The van der Waals surface area contributed by atoms with Gasteiger partial charge in [0.05, 0.1) is 12.2 Å². The van der Waals surface area contributed by atoms with E-state index in [9.17, 15) is 4.79 Å². The number of carbonyl (C=O) groups excluding carboxylic acids is 1. The third-order valence-electron chi connectivity index (χ3n) is 2.98. The van der Waals surface area contributed by atoms with Crippen LogP contribution >= 0.6 is 0 Å². The normalized spacial score (nSPS) is 12.2. The van der Waals surface area contributed by atoms with Crippen molar-refractivity contribution in [2.45, 2.75) is 19.9 Å². The molecular formula is C13H16N4O. The quantitative estimate of drug-likeness (QED) is 0.892. The van der Waals surface area contributed by atoms with Crippen LogP contribution in [0.3, 0.4) is 0 Å². The van der Waals surface area contributed by atoms with Crippen molar-refractivity contribution in [3.8, 4) is 0 Å². The van der Waals surface area contributed by atoms with Crippen LogP contribution in [0.15, 0.2) is 30.6 Å². The Kier molecular flexibility index (Phi) is 3.41. The lowest BCUT2D eigenvalue weighted by Gasteiger charge is -2.13. The molecule has 0 saturated carbocycles. The molecule has 1 amide bonds. The summed E-state index contributed by atoms with van der Waals surface area (Å²) < 4.78 is 1.79. The predicted octanol–water partition coefficient (Wildman–Crippen LogP) is 1.61. The lowest BCUT2D eigenvalue weighted by molar-refractivity contribution is 0.0935. The van der Waals surface area contributed by atoms with Crippen molar-refractivity contribution in [2.24, 2.45) is 7.05 Å². The van der Waals surface area contributed by atoms with Crippen LogP contribution in [0.1, 0.15) is 34.7 Å². The fourth-order valence-electron chi connectivity index (χ4n) is 1.79. The van der Waals surface area contributed by atoms with Gasteiger partial charge in [0.15, 0.2) is 0 Å². The van der Waals surface area contributed by atoms with E-state index in [0.29, 0.717) is 5.69 Å². The van der Waals surface area contributed by atoms with Crippen molar-refractivity contribution in [1.29, 1.82) is 0 Å². The summed E-state index contributed by atoms with van der Waals surface area (Å²) >= 11 is 0. The summed E-state index contributed by atoms with van der Waals surface area (Å²) in [5.74, 6) is -0.175. The van der Waals surface area contributed by atoms with Crippen LogP contribution in [-0.4, -0.2) is 20.7 Å². The maximum Gasteiger partial charge on any atom is 0.270 e. The monoisotopic (exact) mass is 244 g/mol. The molecule has 5 heteroatoms. The molecule has 18 heavy (non-hydrogen) atoms. The van der Waals surface area contributed by atoms with Gasteiger partial charge in [0.2, 0.25) is 0 Å². The summed E-state index contributed by atoms with van der Waals surface area (Å²) in [6.07, 6.45) is 3.38. The first-order chi connectivity index (χ1) is 8.59. The van der Waals surface area contributed by atoms with Crippen LogP contribution in [0.4, 0.5) is 0 Å². The second kappa shape index (κ2) is 5.00. The van der Waals surface area contributed by atoms with Gasteiger partial charge in [-0.25, -0.2) is 0 Å². The molecule has 0 aliphatic rings. The molecule has 2 heterocycles. The molecule has 0 aromatic carbocycles. The highest BCUT2D eigenvalue weighted by Gasteiger charge is 2.15. The molecule has 2 aromatic heterocycles. The van der Waals surface area contributed by atoms with Gasteiger partial charge in [0, 0.05) is 24.5 Å². The molecule has 0 saturated heterocycles. The Hall–Kier alpha value is -2.17. The van der Waals surface area contributed by atoms with Crippen molar-refractivity contribution in [1.82, 2.24) is 20.1 Å². The van der Waals surface area contributed by atoms with Gasteiger partial charge in [-0.2, -0.15) is 5.10 Å². The number of nitrogens with zero attached hydrogens (tertiary/aromatic N) is 3. The third-order valence-corrected chi connectivity index (χ3v) is 2.98. The highest BCUT2D eigenvalue weighted by Crippen LogP contribution is 2.16. The van der Waals surface area contributed by atoms with Gasteiger partial charge in [0.1, 0.15) is 5.69 Å². The maximum atomic E-state index is 11.9. The first-order valence-corrected chi connectivity index (χ1v) is 5.80. The molecule has 0 radical (unpaired) electrons. The van der Waals surface area contributed by atoms with E-state index < -0.39 is 0 Å². The van der Waals surface area contributed by atoms with Crippen molar-refractivity contribution in [3.05, 3.63) is 47.5 Å². The summed E-state index contributed by atoms with van der Waals surface area (Å²) in [5.41, 5.74) is 2.48. The Bertz CT molecular complexity index is 547. The average Bonchev–Trinajstić information content (AvgIpc) is 2.71. The maximum absolute atomic E-state index is 11.9. The molecule has 0 fully saturated rings. The van der Waals surface area contributed by atoms with Crippen LogP contribution in [0.2, 0.25) is 0 Å². The summed E-state index contributed by atoms with van der Waals surface area (Å²) in [4.78, 5) is 16.0. The van der Waals surface area contributed by atoms with E-state index in [1.54, 1.807) is 35.3 Å². The Labute approximate surface area is 106 Å². The molecule has 0 bridgehead atoms. The Morgan fingerprint density at radius 3 is 2.78 bits per heavy atom. The number of hydrogen-bond acceptors (Lipinski definition) is 3. The van der Waals surface area contributed by atoms with E-state index in [4.69, 9.17) is 0 Å². The van der Waals surface area contributed by atoms with E-state index in [1.165, 1.54) is 0 Å². The molecule has 5 nitrogen and oxygen atoms in total. The zero-order chi connectivity index (χ0) is 13.1. The molecule has 2 rings (SSSR count). The average molecular weight is 244 g/mol. The molecule has 0 unspecified atom stereocenters. The number of pyridine rings is 1. The van der Waals surface area contributed by atoms with E-state index in [0.717, 1.165) is 11.3 Å². The number of carbonyl (C=O) groups is 1. The second-order valence-electron chi connectivity index (χ2n) is 4.22. The molecule has 1 N–H and O–H groups in total. The highest BCUT2D eigenvalue weighted by atomic mass is 16.1. The fraction of sp³-hybridized carbons (Fsp3) is 0.308. The van der Waals surface area contributed by atoms with Gasteiger partial charge >= 0.3 is 0 Å². The first kappa shape index (κ1) is 12.3. The van der Waals surface area contributed by atoms with E-state index in [1.807, 2.05) is 20.9 Å². The van der Waals surface area contributed by atoms with Gasteiger partial charge in [-0.1, -0.05) is 6.07 Å². The van der Waals surface area contributed by atoms with E-state index >= 15 is 0 Å². The fourth-order valence-corrected chi connectivity index (χ4v) is 1.79. The number of nitrogens with one attached hydrogen (secondary N) is 1. The number of amides is 1. The zero-order valence-electron chi connectivity index (χ0n) is 10.7. The first-order valence-electron chi connectivity index (χ1n) is 5.80. The van der Waals surface area contributed by atoms with Crippen LogP contribution in [0.25, 0.3) is 0 Å². The van der Waals surface area contributed by atoms with Gasteiger partial charge < -0.3 is 5.32 Å². The lowest BCUT2D eigenvalue weighted by Crippen LogP contribution is -2.27. The van der Waals surface area contributed by atoms with Gasteiger partial charge in [-0.15, -0.1) is 0 Å². The molecular weight excluding hydrogens is 228 g/mol. The van der Waals surface area contributed by atoms with Crippen LogP contribution < -0.4 is 5.32 Å². The van der Waals surface area contributed by atoms with E-state index in [2.05, 4.69) is 15.4 Å². The van der Waals surface area contributed by atoms with E-state index in [-0.39, 0.29) is 11.9 Å². The number of rotatable bonds is 3. The Morgan fingerprint density at radius 1 is 1.44 bits per heavy atom. The topological polar surface area (TPSA) is 59.8 Å². The van der Waals surface area contributed by atoms with Crippen LogP contribution in [0.5, 0.6) is 0 Å².